The number of ether oxygens (including phenoxy) is 1. The monoisotopic (exact) mass is 368 g/mol. The van der Waals surface area contributed by atoms with E-state index in [2.05, 4.69) is 5.32 Å². The minimum Gasteiger partial charge on any atom is -0.452 e. The molecule has 2 rings (SSSR count). The normalized spacial score (nSPS) is 11.3. The molecular formula is C20H20N2O3S. The molecule has 6 heteroatoms. The molecule has 1 atom stereocenters. The molecule has 0 heterocycles. The fourth-order valence-electron chi connectivity index (χ4n) is 2.15. The molecule has 0 aliphatic carbocycles. The van der Waals surface area contributed by atoms with Crippen LogP contribution in [-0.2, 0) is 20.1 Å². The van der Waals surface area contributed by atoms with Gasteiger partial charge in [0.15, 0.2) is 6.10 Å². The van der Waals surface area contributed by atoms with Gasteiger partial charge in [-0.05, 0) is 31.5 Å². The van der Waals surface area contributed by atoms with Crippen molar-refractivity contribution in [1.29, 1.82) is 5.26 Å². The van der Waals surface area contributed by atoms with Crippen molar-refractivity contribution in [3.05, 3.63) is 65.2 Å². The highest BCUT2D eigenvalue weighted by Gasteiger charge is 2.18. The minimum atomic E-state index is -0.936. The zero-order chi connectivity index (χ0) is 18.9. The van der Waals surface area contributed by atoms with E-state index in [0.29, 0.717) is 17.0 Å². The van der Waals surface area contributed by atoms with Crippen molar-refractivity contribution in [3.63, 3.8) is 0 Å². The van der Waals surface area contributed by atoms with Crippen LogP contribution in [0.5, 0.6) is 0 Å². The molecule has 134 valence electrons. The van der Waals surface area contributed by atoms with E-state index < -0.39 is 18.0 Å². The van der Waals surface area contributed by atoms with Gasteiger partial charge in [-0.3, -0.25) is 9.59 Å². The predicted octanol–water partition coefficient (Wildman–Crippen LogP) is 3.67. The average molecular weight is 368 g/mol. The standard InChI is InChI=1S/C20H20N2O3S/c1-14-7-9-16(10-8-14)12-26-13-19(23)25-15(2)20(24)22-18-6-4-3-5-17(18)11-21/h3-10,15H,12-13H2,1-2H3,(H,22,24)/t15-/m1/s1. The lowest BCUT2D eigenvalue weighted by Crippen LogP contribution is -2.30. The van der Waals surface area contributed by atoms with Gasteiger partial charge in [-0.1, -0.05) is 42.0 Å². The van der Waals surface area contributed by atoms with Crippen LogP contribution in [0.4, 0.5) is 5.69 Å². The number of esters is 1. The lowest BCUT2D eigenvalue weighted by atomic mass is 10.2. The van der Waals surface area contributed by atoms with Crippen molar-refractivity contribution in [1.82, 2.24) is 0 Å². The van der Waals surface area contributed by atoms with Crippen LogP contribution >= 0.6 is 11.8 Å². The first kappa shape index (κ1) is 19.5. The number of nitriles is 1. The highest BCUT2D eigenvalue weighted by Crippen LogP contribution is 2.15. The number of benzene rings is 2. The number of carbonyl (C=O) groups excluding carboxylic acids is 2. The zero-order valence-electron chi connectivity index (χ0n) is 14.7. The number of aryl methyl sites for hydroxylation is 1. The quantitative estimate of drug-likeness (QED) is 0.754. The second-order valence-electron chi connectivity index (χ2n) is 5.76. The molecule has 2 aromatic rings. The van der Waals surface area contributed by atoms with E-state index in [1.807, 2.05) is 37.3 Å². The molecular weight excluding hydrogens is 348 g/mol. The lowest BCUT2D eigenvalue weighted by Gasteiger charge is -2.14. The van der Waals surface area contributed by atoms with Gasteiger partial charge in [0.2, 0.25) is 0 Å². The Bertz CT molecular complexity index is 813. The largest absolute Gasteiger partial charge is 0.452 e. The van der Waals surface area contributed by atoms with Gasteiger partial charge in [0.25, 0.3) is 5.91 Å². The number of hydrogen-bond acceptors (Lipinski definition) is 5. The SMILES string of the molecule is Cc1ccc(CSCC(=O)O[C@H](C)C(=O)Nc2ccccc2C#N)cc1. The molecule has 0 fully saturated rings. The van der Waals surface area contributed by atoms with Crippen molar-refractivity contribution in [3.8, 4) is 6.07 Å². The first-order chi connectivity index (χ1) is 12.5. The maximum atomic E-state index is 12.1. The molecule has 1 amide bonds. The molecule has 0 aliphatic heterocycles. The zero-order valence-corrected chi connectivity index (χ0v) is 15.5. The van der Waals surface area contributed by atoms with Crippen molar-refractivity contribution < 1.29 is 14.3 Å². The van der Waals surface area contributed by atoms with E-state index in [4.69, 9.17) is 10.00 Å². The summed E-state index contributed by atoms with van der Waals surface area (Å²) in [5, 5.41) is 11.6. The Morgan fingerprint density at radius 2 is 1.88 bits per heavy atom. The maximum Gasteiger partial charge on any atom is 0.316 e. The summed E-state index contributed by atoms with van der Waals surface area (Å²) >= 11 is 1.43. The van der Waals surface area contributed by atoms with Crippen LogP contribution in [0, 0.1) is 18.3 Å². The Balaban J connectivity index is 1.78. The molecule has 5 nitrogen and oxygen atoms in total. The van der Waals surface area contributed by atoms with Gasteiger partial charge in [0, 0.05) is 5.75 Å². The highest BCUT2D eigenvalue weighted by molar-refractivity contribution is 7.99. The Kier molecular flexibility index (Phi) is 7.24. The van der Waals surface area contributed by atoms with Crippen LogP contribution in [0.2, 0.25) is 0 Å². The summed E-state index contributed by atoms with van der Waals surface area (Å²) in [4.78, 5) is 24.0. The number of thioether (sulfide) groups is 1. The van der Waals surface area contributed by atoms with E-state index in [0.717, 1.165) is 5.56 Å². The van der Waals surface area contributed by atoms with E-state index in [1.165, 1.54) is 24.2 Å². The Morgan fingerprint density at radius 3 is 2.58 bits per heavy atom. The predicted molar refractivity (Wildman–Crippen MR) is 103 cm³/mol. The van der Waals surface area contributed by atoms with Crippen LogP contribution in [0.15, 0.2) is 48.5 Å². The van der Waals surface area contributed by atoms with Crippen LogP contribution in [0.1, 0.15) is 23.6 Å². The third-order valence-corrected chi connectivity index (χ3v) is 4.57. The van der Waals surface area contributed by atoms with E-state index >= 15 is 0 Å². The van der Waals surface area contributed by atoms with Crippen LogP contribution in [0.3, 0.4) is 0 Å². The van der Waals surface area contributed by atoms with Gasteiger partial charge >= 0.3 is 5.97 Å². The van der Waals surface area contributed by atoms with E-state index in [9.17, 15) is 9.59 Å². The molecule has 0 aromatic heterocycles. The number of para-hydroxylation sites is 1. The third-order valence-electron chi connectivity index (χ3n) is 3.59. The molecule has 0 unspecified atom stereocenters. The maximum absolute atomic E-state index is 12.1. The number of amides is 1. The molecule has 0 spiro atoms. The minimum absolute atomic E-state index is 0.167. The van der Waals surface area contributed by atoms with Crippen molar-refractivity contribution in [2.24, 2.45) is 0 Å². The summed E-state index contributed by atoms with van der Waals surface area (Å²) in [6, 6.07) is 16.8. The molecule has 1 N–H and O–H groups in total. The van der Waals surface area contributed by atoms with Gasteiger partial charge in [-0.2, -0.15) is 5.26 Å². The summed E-state index contributed by atoms with van der Waals surface area (Å²) in [5.74, 6) is -0.0471. The number of nitrogens with zero attached hydrogens (tertiary/aromatic N) is 1. The molecule has 0 saturated heterocycles. The Hall–Kier alpha value is -2.78. The first-order valence-electron chi connectivity index (χ1n) is 8.12. The molecule has 0 saturated carbocycles. The summed E-state index contributed by atoms with van der Waals surface area (Å²) < 4.78 is 5.16. The van der Waals surface area contributed by atoms with Crippen LogP contribution in [0.25, 0.3) is 0 Å². The number of carbonyl (C=O) groups is 2. The van der Waals surface area contributed by atoms with Crippen molar-refractivity contribution in [2.75, 3.05) is 11.1 Å². The summed E-state index contributed by atoms with van der Waals surface area (Å²) in [6.45, 7) is 3.53. The summed E-state index contributed by atoms with van der Waals surface area (Å²) in [6.07, 6.45) is -0.936. The second-order valence-corrected chi connectivity index (χ2v) is 6.74. The number of anilines is 1. The van der Waals surface area contributed by atoms with Gasteiger partial charge in [-0.25, -0.2) is 0 Å². The smallest absolute Gasteiger partial charge is 0.316 e. The topological polar surface area (TPSA) is 79.2 Å². The van der Waals surface area contributed by atoms with E-state index in [-0.39, 0.29) is 5.75 Å². The number of rotatable bonds is 7. The lowest BCUT2D eigenvalue weighted by molar-refractivity contribution is -0.150. The molecule has 2 aromatic carbocycles. The molecule has 0 radical (unpaired) electrons. The number of nitrogens with one attached hydrogen (secondary N) is 1. The molecule has 0 bridgehead atoms. The van der Waals surface area contributed by atoms with Crippen LogP contribution < -0.4 is 5.32 Å². The molecule has 0 aliphatic rings. The fourth-order valence-corrected chi connectivity index (χ4v) is 2.91. The van der Waals surface area contributed by atoms with E-state index in [1.54, 1.807) is 24.3 Å². The second kappa shape index (κ2) is 9.64. The Labute approximate surface area is 157 Å². The number of hydrogen-bond donors (Lipinski definition) is 1. The van der Waals surface area contributed by atoms with Gasteiger partial charge in [-0.15, -0.1) is 11.8 Å². The first-order valence-corrected chi connectivity index (χ1v) is 9.28. The summed E-state index contributed by atoms with van der Waals surface area (Å²) in [5.41, 5.74) is 3.08. The van der Waals surface area contributed by atoms with Gasteiger partial charge < -0.3 is 10.1 Å². The van der Waals surface area contributed by atoms with Crippen LogP contribution in [-0.4, -0.2) is 23.7 Å². The van der Waals surface area contributed by atoms with Crippen molar-refractivity contribution >= 4 is 29.3 Å². The Morgan fingerprint density at radius 1 is 1.19 bits per heavy atom. The molecule has 26 heavy (non-hydrogen) atoms. The van der Waals surface area contributed by atoms with Gasteiger partial charge in [0.1, 0.15) is 6.07 Å². The van der Waals surface area contributed by atoms with Crippen molar-refractivity contribution in [2.45, 2.75) is 25.7 Å². The third kappa shape index (κ3) is 5.94. The average Bonchev–Trinajstić information content (AvgIpc) is 2.63. The van der Waals surface area contributed by atoms with Gasteiger partial charge in [0.05, 0.1) is 17.0 Å². The highest BCUT2D eigenvalue weighted by atomic mass is 32.2. The summed E-state index contributed by atoms with van der Waals surface area (Å²) in [7, 11) is 0. The fraction of sp³-hybridized carbons (Fsp3) is 0.250.